The maximum absolute atomic E-state index is 14.9. The van der Waals surface area contributed by atoms with Gasteiger partial charge >= 0.3 is 0 Å². The van der Waals surface area contributed by atoms with E-state index in [0.29, 0.717) is 70.4 Å². The van der Waals surface area contributed by atoms with E-state index >= 15 is 0 Å². The highest BCUT2D eigenvalue weighted by Gasteiger charge is 2.38. The van der Waals surface area contributed by atoms with Gasteiger partial charge < -0.3 is 25.1 Å². The van der Waals surface area contributed by atoms with E-state index in [0.717, 1.165) is 56.0 Å². The first kappa shape index (κ1) is 26.9. The van der Waals surface area contributed by atoms with E-state index in [-0.39, 0.29) is 17.5 Å². The molecular weight excluding hydrogens is 539 g/mol. The number of carbonyl (C=O) groups is 1. The highest BCUT2D eigenvalue weighted by atomic mass is 32.2. The van der Waals surface area contributed by atoms with Crippen LogP contribution in [0.1, 0.15) is 54.2 Å². The average molecular weight is 577 g/mol. The minimum atomic E-state index is -0.301. The average Bonchev–Trinajstić information content (AvgIpc) is 3.54. The number of halogens is 1. The standard InChI is InChI=1S/C31H37FN6O2S/c1-3-23-25(32)9-6-18-13-22(39)14-26(27(18)23)38-12-10-24-28(30(38)40)34-31(41-17-21-5-4-11-36(21)2)35-29(24)37-15-19-7-8-20(16-37)33-19/h6,9,13-14,19-21,33,39H,3-5,7-8,10-12,15-17H2,1-2H3/t19-,20+,21-/m0/s1. The van der Waals surface area contributed by atoms with Gasteiger partial charge in [-0.15, -0.1) is 0 Å². The van der Waals surface area contributed by atoms with E-state index in [1.165, 1.54) is 12.5 Å². The lowest BCUT2D eigenvalue weighted by atomic mass is 9.97. The number of carbonyl (C=O) groups excluding carboxylic acids is 1. The van der Waals surface area contributed by atoms with Gasteiger partial charge in [0.2, 0.25) is 0 Å². The second kappa shape index (κ2) is 10.7. The van der Waals surface area contributed by atoms with Gasteiger partial charge in [-0.1, -0.05) is 24.8 Å². The number of nitrogens with zero attached hydrogens (tertiary/aromatic N) is 5. The van der Waals surface area contributed by atoms with Gasteiger partial charge in [-0.25, -0.2) is 14.4 Å². The van der Waals surface area contributed by atoms with Gasteiger partial charge in [-0.3, -0.25) is 4.79 Å². The molecule has 3 saturated heterocycles. The lowest BCUT2D eigenvalue weighted by molar-refractivity contribution is 0.0974. The third-order valence-electron chi connectivity index (χ3n) is 9.37. The highest BCUT2D eigenvalue weighted by molar-refractivity contribution is 7.99. The first-order chi connectivity index (χ1) is 19.9. The summed E-state index contributed by atoms with van der Waals surface area (Å²) in [5.41, 5.74) is 2.42. The normalized spacial score (nSPS) is 24.5. The van der Waals surface area contributed by atoms with E-state index in [4.69, 9.17) is 9.97 Å². The summed E-state index contributed by atoms with van der Waals surface area (Å²) in [6.07, 6.45) is 5.77. The van der Waals surface area contributed by atoms with Crippen LogP contribution in [0.4, 0.5) is 15.9 Å². The Hall–Kier alpha value is -2.95. The molecule has 2 bridgehead atoms. The zero-order chi connectivity index (χ0) is 28.2. The topological polar surface area (TPSA) is 84.8 Å². The van der Waals surface area contributed by atoms with Crippen LogP contribution in [0.2, 0.25) is 0 Å². The van der Waals surface area contributed by atoms with Crippen LogP contribution >= 0.6 is 11.8 Å². The Balaban J connectivity index is 1.30. The lowest BCUT2D eigenvalue weighted by Gasteiger charge is -2.37. The molecule has 8 nitrogen and oxygen atoms in total. The molecule has 4 aliphatic rings. The molecule has 1 amide bonds. The summed E-state index contributed by atoms with van der Waals surface area (Å²) in [6.45, 7) is 5.19. The third kappa shape index (κ3) is 4.83. The maximum atomic E-state index is 14.9. The Bertz CT molecular complexity index is 1510. The number of phenols is 1. The van der Waals surface area contributed by atoms with Gasteiger partial charge in [0.15, 0.2) is 5.16 Å². The van der Waals surface area contributed by atoms with E-state index in [1.54, 1.807) is 34.9 Å². The van der Waals surface area contributed by atoms with Crippen molar-refractivity contribution in [3.05, 3.63) is 46.9 Å². The number of thioether (sulfide) groups is 1. The molecule has 0 saturated carbocycles. The Kier molecular flexibility index (Phi) is 7.03. The monoisotopic (exact) mass is 576 g/mol. The SMILES string of the molecule is CCc1c(F)ccc2cc(O)cc(N3CCc4c(nc(SC[C@@H]5CCCN5C)nc4N4C[C@H]5CC[C@@H](C4)N5)C3=O)c12. The molecule has 2 N–H and O–H groups in total. The fraction of sp³-hybridized carbons (Fsp3) is 0.516. The van der Waals surface area contributed by atoms with Crippen LogP contribution in [0.25, 0.3) is 10.8 Å². The van der Waals surface area contributed by atoms with Crippen LogP contribution < -0.4 is 15.1 Å². The number of aromatic nitrogens is 2. The predicted octanol–water partition coefficient (Wildman–Crippen LogP) is 4.37. The minimum absolute atomic E-state index is 0.0522. The molecule has 5 heterocycles. The van der Waals surface area contributed by atoms with Crippen molar-refractivity contribution in [2.45, 2.75) is 68.7 Å². The van der Waals surface area contributed by atoms with Crippen molar-refractivity contribution in [1.29, 1.82) is 0 Å². The molecule has 0 aliphatic carbocycles. The van der Waals surface area contributed by atoms with Crippen LogP contribution in [0, 0.1) is 5.82 Å². The summed E-state index contributed by atoms with van der Waals surface area (Å²) in [4.78, 5) is 30.7. The van der Waals surface area contributed by atoms with E-state index in [1.807, 2.05) is 6.92 Å². The van der Waals surface area contributed by atoms with Crippen LogP contribution in [-0.2, 0) is 12.8 Å². The molecule has 3 fully saturated rings. The smallest absolute Gasteiger partial charge is 0.277 e. The van der Waals surface area contributed by atoms with Crippen LogP contribution in [-0.4, -0.2) is 83.0 Å². The van der Waals surface area contributed by atoms with Crippen molar-refractivity contribution in [1.82, 2.24) is 20.2 Å². The summed E-state index contributed by atoms with van der Waals surface area (Å²) in [5.74, 6) is 1.31. The molecule has 3 atom stereocenters. The molecule has 0 spiro atoms. The molecule has 216 valence electrons. The number of nitrogens with one attached hydrogen (secondary N) is 1. The molecule has 0 radical (unpaired) electrons. The number of amides is 1. The Morgan fingerprint density at radius 1 is 1.12 bits per heavy atom. The van der Waals surface area contributed by atoms with Crippen LogP contribution in [0.15, 0.2) is 29.4 Å². The van der Waals surface area contributed by atoms with Crippen molar-refractivity contribution in [3.8, 4) is 5.75 Å². The molecule has 0 unspecified atom stereocenters. The molecule has 41 heavy (non-hydrogen) atoms. The van der Waals surface area contributed by atoms with Crippen LogP contribution in [0.3, 0.4) is 0 Å². The van der Waals surface area contributed by atoms with E-state index < -0.39 is 0 Å². The molecule has 7 rings (SSSR count). The molecule has 3 aromatic rings. The fourth-order valence-corrected chi connectivity index (χ4v) is 8.30. The summed E-state index contributed by atoms with van der Waals surface area (Å²) in [7, 11) is 2.17. The van der Waals surface area contributed by atoms with Crippen molar-refractivity contribution < 1.29 is 14.3 Å². The third-order valence-corrected chi connectivity index (χ3v) is 10.4. The quantitative estimate of drug-likeness (QED) is 0.331. The van der Waals surface area contributed by atoms with Crippen LogP contribution in [0.5, 0.6) is 5.75 Å². The number of aromatic hydroxyl groups is 1. The van der Waals surface area contributed by atoms with Gasteiger partial charge in [0, 0.05) is 60.5 Å². The first-order valence-corrected chi connectivity index (χ1v) is 15.9. The Morgan fingerprint density at radius 3 is 2.66 bits per heavy atom. The maximum Gasteiger partial charge on any atom is 0.277 e. The summed E-state index contributed by atoms with van der Waals surface area (Å²) >= 11 is 1.64. The molecular formula is C31H37FN6O2S. The summed E-state index contributed by atoms with van der Waals surface area (Å²) in [5, 5.41) is 16.3. The second-order valence-electron chi connectivity index (χ2n) is 11.9. The molecule has 2 aromatic carbocycles. The first-order valence-electron chi connectivity index (χ1n) is 14.9. The Labute approximate surface area is 244 Å². The van der Waals surface area contributed by atoms with Gasteiger partial charge in [0.05, 0.1) is 5.69 Å². The number of hydrogen-bond acceptors (Lipinski definition) is 8. The molecule has 10 heteroatoms. The number of aryl methyl sites for hydroxylation is 1. The zero-order valence-electron chi connectivity index (χ0n) is 23.7. The number of likely N-dealkylation sites (tertiary alicyclic amines) is 1. The highest BCUT2D eigenvalue weighted by Crippen LogP contribution is 2.39. The number of fused-ring (bicyclic) bond motifs is 4. The molecule has 1 aromatic heterocycles. The zero-order valence-corrected chi connectivity index (χ0v) is 24.5. The number of anilines is 2. The van der Waals surface area contributed by atoms with Crippen molar-refractivity contribution in [3.63, 3.8) is 0 Å². The summed E-state index contributed by atoms with van der Waals surface area (Å²) < 4.78 is 14.9. The number of phenolic OH excluding ortho intramolecular Hbond substituents is 1. The number of benzene rings is 2. The van der Waals surface area contributed by atoms with Gasteiger partial charge in [-0.05, 0) is 75.2 Å². The van der Waals surface area contributed by atoms with Gasteiger partial charge in [0.25, 0.3) is 5.91 Å². The molecule has 4 aliphatic heterocycles. The van der Waals surface area contributed by atoms with E-state index in [9.17, 15) is 14.3 Å². The number of hydrogen-bond donors (Lipinski definition) is 2. The van der Waals surface area contributed by atoms with Gasteiger partial charge in [0.1, 0.15) is 23.1 Å². The lowest BCUT2D eigenvalue weighted by Crippen LogP contribution is -2.52. The predicted molar refractivity (Wildman–Crippen MR) is 161 cm³/mol. The second-order valence-corrected chi connectivity index (χ2v) is 12.9. The number of rotatable bonds is 6. The number of piperazine rings is 1. The van der Waals surface area contributed by atoms with E-state index in [2.05, 4.69) is 22.2 Å². The minimum Gasteiger partial charge on any atom is -0.508 e. The largest absolute Gasteiger partial charge is 0.508 e. The van der Waals surface area contributed by atoms with Crippen molar-refractivity contribution in [2.75, 3.05) is 48.8 Å². The fourth-order valence-electron chi connectivity index (χ4n) is 7.23. The van der Waals surface area contributed by atoms with Gasteiger partial charge in [-0.2, -0.15) is 0 Å². The van der Waals surface area contributed by atoms with Crippen molar-refractivity contribution in [2.24, 2.45) is 0 Å². The Morgan fingerprint density at radius 2 is 1.93 bits per heavy atom. The van der Waals surface area contributed by atoms with Crippen molar-refractivity contribution >= 4 is 39.9 Å². The summed E-state index contributed by atoms with van der Waals surface area (Å²) in [6, 6.07) is 7.69.